The van der Waals surface area contributed by atoms with Crippen LogP contribution < -0.4 is 5.73 Å². The standard InChI is InChI=1S/C10H11FN2S/c11-9-7-8(13)3-4-10(9)14-6-2-1-5-12/h3-4,7H,1-2,6,13H2. The number of hydrogen-bond acceptors (Lipinski definition) is 3. The fourth-order valence-corrected chi connectivity index (χ4v) is 1.84. The van der Waals surface area contributed by atoms with Crippen molar-refractivity contribution in [2.24, 2.45) is 0 Å². The minimum atomic E-state index is -0.285. The molecular weight excluding hydrogens is 199 g/mol. The van der Waals surface area contributed by atoms with Crippen LogP contribution in [0.15, 0.2) is 23.1 Å². The molecule has 0 atom stereocenters. The molecule has 2 nitrogen and oxygen atoms in total. The van der Waals surface area contributed by atoms with Gasteiger partial charge in [-0.15, -0.1) is 11.8 Å². The Hall–Kier alpha value is -1.21. The zero-order valence-electron chi connectivity index (χ0n) is 7.66. The zero-order valence-corrected chi connectivity index (χ0v) is 8.48. The number of nitrogen functional groups attached to an aromatic ring is 1. The van der Waals surface area contributed by atoms with Gasteiger partial charge in [0, 0.05) is 17.0 Å². The first-order valence-corrected chi connectivity index (χ1v) is 5.27. The van der Waals surface area contributed by atoms with Gasteiger partial charge in [-0.2, -0.15) is 5.26 Å². The summed E-state index contributed by atoms with van der Waals surface area (Å²) in [5, 5.41) is 8.30. The molecule has 0 aliphatic rings. The van der Waals surface area contributed by atoms with E-state index in [0.29, 0.717) is 17.0 Å². The maximum atomic E-state index is 13.2. The number of nitriles is 1. The molecule has 1 rings (SSSR count). The molecule has 0 aromatic heterocycles. The summed E-state index contributed by atoms with van der Waals surface area (Å²) in [5.74, 6) is 0.473. The number of nitrogens with zero attached hydrogens (tertiary/aromatic N) is 1. The molecule has 0 unspecified atom stereocenters. The van der Waals surface area contributed by atoms with Gasteiger partial charge in [0.2, 0.25) is 0 Å². The lowest BCUT2D eigenvalue weighted by molar-refractivity contribution is 0.602. The maximum absolute atomic E-state index is 13.2. The Bertz CT molecular complexity index is 346. The van der Waals surface area contributed by atoms with Crippen molar-refractivity contribution >= 4 is 17.4 Å². The molecule has 0 saturated carbocycles. The fourth-order valence-electron chi connectivity index (χ4n) is 0.967. The molecule has 2 N–H and O–H groups in total. The monoisotopic (exact) mass is 210 g/mol. The first-order chi connectivity index (χ1) is 6.74. The third-order valence-electron chi connectivity index (χ3n) is 1.65. The molecule has 0 spiro atoms. The highest BCUT2D eigenvalue weighted by atomic mass is 32.2. The molecule has 4 heteroatoms. The number of nitrogens with two attached hydrogens (primary N) is 1. The minimum Gasteiger partial charge on any atom is -0.399 e. The summed E-state index contributed by atoms with van der Waals surface area (Å²) in [6.07, 6.45) is 1.30. The van der Waals surface area contributed by atoms with E-state index < -0.39 is 0 Å². The number of unbranched alkanes of at least 4 members (excludes halogenated alkanes) is 1. The Balaban J connectivity index is 2.47. The van der Waals surface area contributed by atoms with Gasteiger partial charge in [-0.1, -0.05) is 0 Å². The van der Waals surface area contributed by atoms with Crippen molar-refractivity contribution in [2.75, 3.05) is 11.5 Å². The normalized spacial score (nSPS) is 9.71. The van der Waals surface area contributed by atoms with Gasteiger partial charge in [0.1, 0.15) is 5.82 Å². The van der Waals surface area contributed by atoms with E-state index in [2.05, 4.69) is 6.07 Å². The molecule has 1 aromatic rings. The van der Waals surface area contributed by atoms with E-state index in [1.807, 2.05) is 0 Å². The number of halogens is 1. The van der Waals surface area contributed by atoms with Crippen LogP contribution in [0.3, 0.4) is 0 Å². The summed E-state index contributed by atoms with van der Waals surface area (Å²) in [6, 6.07) is 6.71. The number of anilines is 1. The third kappa shape index (κ3) is 3.27. The van der Waals surface area contributed by atoms with Crippen LogP contribution in [-0.2, 0) is 0 Å². The van der Waals surface area contributed by atoms with Crippen molar-refractivity contribution < 1.29 is 4.39 Å². The lowest BCUT2D eigenvalue weighted by atomic mass is 10.3. The van der Waals surface area contributed by atoms with Crippen LogP contribution in [0.1, 0.15) is 12.8 Å². The van der Waals surface area contributed by atoms with Crippen molar-refractivity contribution in [3.05, 3.63) is 24.0 Å². The molecule has 0 amide bonds. The average molecular weight is 210 g/mol. The van der Waals surface area contributed by atoms with Gasteiger partial charge >= 0.3 is 0 Å². The average Bonchev–Trinajstić information content (AvgIpc) is 2.15. The van der Waals surface area contributed by atoms with Gasteiger partial charge in [-0.25, -0.2) is 4.39 Å². The smallest absolute Gasteiger partial charge is 0.138 e. The van der Waals surface area contributed by atoms with Gasteiger partial charge in [-0.3, -0.25) is 0 Å². The summed E-state index contributed by atoms with van der Waals surface area (Å²) < 4.78 is 13.2. The summed E-state index contributed by atoms with van der Waals surface area (Å²) >= 11 is 1.41. The summed E-state index contributed by atoms with van der Waals surface area (Å²) in [5.41, 5.74) is 5.85. The summed E-state index contributed by atoms with van der Waals surface area (Å²) in [4.78, 5) is 0.595. The lowest BCUT2D eigenvalue weighted by Crippen LogP contribution is -1.88. The number of benzene rings is 1. The van der Waals surface area contributed by atoms with Crippen LogP contribution >= 0.6 is 11.8 Å². The number of thioether (sulfide) groups is 1. The van der Waals surface area contributed by atoms with Gasteiger partial charge in [0.15, 0.2) is 0 Å². The van der Waals surface area contributed by atoms with Crippen LogP contribution in [0.5, 0.6) is 0 Å². The van der Waals surface area contributed by atoms with E-state index in [1.165, 1.54) is 17.8 Å². The predicted octanol–water partition coefficient (Wildman–Crippen LogP) is 2.80. The van der Waals surface area contributed by atoms with E-state index in [9.17, 15) is 4.39 Å². The second kappa shape index (κ2) is 5.51. The van der Waals surface area contributed by atoms with Crippen molar-refractivity contribution in [3.8, 4) is 6.07 Å². The van der Waals surface area contributed by atoms with Gasteiger partial charge in [0.25, 0.3) is 0 Å². The number of rotatable bonds is 4. The first kappa shape index (κ1) is 10.9. The van der Waals surface area contributed by atoms with Crippen LogP contribution in [0.2, 0.25) is 0 Å². The maximum Gasteiger partial charge on any atom is 0.138 e. The molecule has 0 radical (unpaired) electrons. The topological polar surface area (TPSA) is 49.8 Å². The highest BCUT2D eigenvalue weighted by Crippen LogP contribution is 2.24. The van der Waals surface area contributed by atoms with Gasteiger partial charge in [-0.05, 0) is 30.4 Å². The van der Waals surface area contributed by atoms with E-state index in [1.54, 1.807) is 12.1 Å². The Kier molecular flexibility index (Phi) is 4.27. The molecule has 0 saturated heterocycles. The predicted molar refractivity (Wildman–Crippen MR) is 56.4 cm³/mol. The van der Waals surface area contributed by atoms with Crippen LogP contribution in [-0.4, -0.2) is 5.75 Å². The van der Waals surface area contributed by atoms with Crippen molar-refractivity contribution in [2.45, 2.75) is 17.7 Å². The van der Waals surface area contributed by atoms with E-state index in [4.69, 9.17) is 11.0 Å². The molecule has 0 fully saturated rings. The number of hydrogen-bond donors (Lipinski definition) is 1. The second-order valence-electron chi connectivity index (χ2n) is 2.80. The quantitative estimate of drug-likeness (QED) is 0.472. The molecule has 0 aliphatic carbocycles. The Morgan fingerprint density at radius 1 is 1.50 bits per heavy atom. The zero-order chi connectivity index (χ0) is 10.4. The molecule has 0 heterocycles. The Morgan fingerprint density at radius 3 is 2.93 bits per heavy atom. The van der Waals surface area contributed by atoms with E-state index in [-0.39, 0.29) is 5.82 Å². The molecule has 74 valence electrons. The van der Waals surface area contributed by atoms with Crippen molar-refractivity contribution in [1.82, 2.24) is 0 Å². The lowest BCUT2D eigenvalue weighted by Gasteiger charge is -2.02. The summed E-state index contributed by atoms with van der Waals surface area (Å²) in [7, 11) is 0. The van der Waals surface area contributed by atoms with Gasteiger partial charge < -0.3 is 5.73 Å². The molecule has 0 aliphatic heterocycles. The minimum absolute atomic E-state index is 0.285. The molecule has 14 heavy (non-hydrogen) atoms. The van der Waals surface area contributed by atoms with Crippen LogP contribution in [0.25, 0.3) is 0 Å². The largest absolute Gasteiger partial charge is 0.399 e. The van der Waals surface area contributed by atoms with Crippen LogP contribution in [0, 0.1) is 17.1 Å². The molecular formula is C10H11FN2S. The van der Waals surface area contributed by atoms with Gasteiger partial charge in [0.05, 0.1) is 6.07 Å². The van der Waals surface area contributed by atoms with Crippen molar-refractivity contribution in [3.63, 3.8) is 0 Å². The second-order valence-corrected chi connectivity index (χ2v) is 3.94. The third-order valence-corrected chi connectivity index (χ3v) is 2.78. The highest BCUT2D eigenvalue weighted by Gasteiger charge is 2.02. The SMILES string of the molecule is N#CCCCSc1ccc(N)cc1F. The first-order valence-electron chi connectivity index (χ1n) is 4.29. The molecule has 1 aromatic carbocycles. The van der Waals surface area contributed by atoms with E-state index in [0.717, 1.165) is 12.2 Å². The van der Waals surface area contributed by atoms with Crippen LogP contribution in [0.4, 0.5) is 10.1 Å². The Labute approximate surface area is 86.9 Å². The Morgan fingerprint density at radius 2 is 2.29 bits per heavy atom. The fraction of sp³-hybridized carbons (Fsp3) is 0.300. The van der Waals surface area contributed by atoms with E-state index >= 15 is 0 Å². The molecule has 0 bridgehead atoms. The summed E-state index contributed by atoms with van der Waals surface area (Å²) in [6.45, 7) is 0. The van der Waals surface area contributed by atoms with Crippen molar-refractivity contribution in [1.29, 1.82) is 5.26 Å². The highest BCUT2D eigenvalue weighted by molar-refractivity contribution is 7.99.